The van der Waals surface area contributed by atoms with Crippen molar-refractivity contribution in [2.24, 2.45) is 0 Å². The van der Waals surface area contributed by atoms with E-state index in [9.17, 15) is 9.59 Å². The predicted molar refractivity (Wildman–Crippen MR) is 143 cm³/mol. The molecule has 2 amide bonds. The molecule has 4 rings (SSSR count). The van der Waals surface area contributed by atoms with Gasteiger partial charge in [-0.1, -0.05) is 54.6 Å². The van der Waals surface area contributed by atoms with Gasteiger partial charge in [-0.3, -0.25) is 14.5 Å². The second-order valence-electron chi connectivity index (χ2n) is 8.47. The first-order valence-corrected chi connectivity index (χ1v) is 11.6. The van der Waals surface area contributed by atoms with Crippen molar-refractivity contribution in [3.63, 3.8) is 0 Å². The van der Waals surface area contributed by atoms with Crippen molar-refractivity contribution in [3.05, 3.63) is 96.1 Å². The highest BCUT2D eigenvalue weighted by Gasteiger charge is 2.17. The summed E-state index contributed by atoms with van der Waals surface area (Å²) in [5, 5.41) is 8.09. The molecule has 7 nitrogen and oxygen atoms in total. The van der Waals surface area contributed by atoms with E-state index in [1.807, 2.05) is 30.1 Å². The van der Waals surface area contributed by atoms with Gasteiger partial charge in [-0.05, 0) is 41.6 Å². The standard InChI is InChI=1S/C29H29N3O4/c1-32(18-20-13-14-21-9-7-8-12-23(21)15-20)19-28(33)30-24-16-27(36-3)25(17-26(24)35-2)31-29(34)22-10-5-4-6-11-22/h4-17H,18-19H2,1-3H3,(H,30,33)(H,31,34). The van der Waals surface area contributed by atoms with Crippen molar-refractivity contribution in [2.75, 3.05) is 38.4 Å². The lowest BCUT2D eigenvalue weighted by Gasteiger charge is -2.19. The lowest BCUT2D eigenvalue weighted by Crippen LogP contribution is -2.30. The number of rotatable bonds is 9. The number of nitrogens with one attached hydrogen (secondary N) is 2. The lowest BCUT2D eigenvalue weighted by atomic mass is 10.1. The molecule has 0 aliphatic carbocycles. The van der Waals surface area contributed by atoms with E-state index in [0.29, 0.717) is 35.0 Å². The van der Waals surface area contributed by atoms with Crippen LogP contribution in [0.3, 0.4) is 0 Å². The zero-order valence-electron chi connectivity index (χ0n) is 20.6. The van der Waals surface area contributed by atoms with E-state index in [1.165, 1.54) is 25.0 Å². The van der Waals surface area contributed by atoms with Crippen LogP contribution in [0.1, 0.15) is 15.9 Å². The van der Waals surface area contributed by atoms with Crippen LogP contribution in [0.25, 0.3) is 10.8 Å². The molecule has 0 radical (unpaired) electrons. The molecule has 0 spiro atoms. The van der Waals surface area contributed by atoms with Gasteiger partial charge in [-0.25, -0.2) is 0 Å². The number of nitrogens with zero attached hydrogens (tertiary/aromatic N) is 1. The molecular weight excluding hydrogens is 454 g/mol. The summed E-state index contributed by atoms with van der Waals surface area (Å²) in [6.07, 6.45) is 0. The third kappa shape index (κ3) is 6.00. The van der Waals surface area contributed by atoms with Gasteiger partial charge in [-0.15, -0.1) is 0 Å². The molecule has 0 aliphatic rings. The van der Waals surface area contributed by atoms with E-state index in [-0.39, 0.29) is 18.4 Å². The van der Waals surface area contributed by atoms with Gasteiger partial charge in [0.1, 0.15) is 11.5 Å². The molecule has 0 heterocycles. The van der Waals surface area contributed by atoms with Crippen LogP contribution in [0.2, 0.25) is 0 Å². The van der Waals surface area contributed by atoms with E-state index < -0.39 is 0 Å². The number of methoxy groups -OCH3 is 2. The number of carbonyl (C=O) groups is 2. The topological polar surface area (TPSA) is 79.9 Å². The Morgan fingerprint density at radius 2 is 1.36 bits per heavy atom. The molecule has 0 saturated heterocycles. The molecule has 0 unspecified atom stereocenters. The van der Waals surface area contributed by atoms with Crippen molar-refractivity contribution < 1.29 is 19.1 Å². The zero-order valence-corrected chi connectivity index (χ0v) is 20.6. The summed E-state index contributed by atoms with van der Waals surface area (Å²) >= 11 is 0. The molecule has 36 heavy (non-hydrogen) atoms. The van der Waals surface area contributed by atoms with Crippen molar-refractivity contribution in [1.82, 2.24) is 4.90 Å². The molecule has 2 N–H and O–H groups in total. The number of carbonyl (C=O) groups excluding carboxylic acids is 2. The maximum absolute atomic E-state index is 12.8. The van der Waals surface area contributed by atoms with Crippen LogP contribution in [0.15, 0.2) is 84.9 Å². The van der Waals surface area contributed by atoms with Gasteiger partial charge in [0, 0.05) is 24.2 Å². The predicted octanol–water partition coefficient (Wildman–Crippen LogP) is 5.18. The fourth-order valence-electron chi connectivity index (χ4n) is 4.02. The Kier molecular flexibility index (Phi) is 7.82. The van der Waals surface area contributed by atoms with E-state index in [1.54, 1.807) is 36.4 Å². The molecule has 0 saturated carbocycles. The molecule has 184 valence electrons. The van der Waals surface area contributed by atoms with Gasteiger partial charge in [0.15, 0.2) is 0 Å². The Hall–Kier alpha value is -4.36. The second kappa shape index (κ2) is 11.4. The highest BCUT2D eigenvalue weighted by molar-refractivity contribution is 6.05. The van der Waals surface area contributed by atoms with Gasteiger partial charge in [-0.2, -0.15) is 0 Å². The van der Waals surface area contributed by atoms with Crippen molar-refractivity contribution in [3.8, 4) is 11.5 Å². The van der Waals surface area contributed by atoms with Gasteiger partial charge in [0.25, 0.3) is 5.91 Å². The van der Waals surface area contributed by atoms with Gasteiger partial charge >= 0.3 is 0 Å². The average Bonchev–Trinajstić information content (AvgIpc) is 2.89. The molecule has 0 aliphatic heterocycles. The molecular formula is C29H29N3O4. The van der Waals surface area contributed by atoms with E-state index in [2.05, 4.69) is 41.0 Å². The number of anilines is 2. The number of ether oxygens (including phenoxy) is 2. The van der Waals surface area contributed by atoms with Crippen molar-refractivity contribution in [1.29, 1.82) is 0 Å². The molecule has 4 aromatic rings. The maximum atomic E-state index is 12.8. The molecule has 0 atom stereocenters. The number of amides is 2. The number of fused-ring (bicyclic) bond motifs is 1. The second-order valence-corrected chi connectivity index (χ2v) is 8.47. The number of hydrogen-bond donors (Lipinski definition) is 2. The van der Waals surface area contributed by atoms with Crippen LogP contribution in [0.5, 0.6) is 11.5 Å². The fraction of sp³-hybridized carbons (Fsp3) is 0.172. The van der Waals surface area contributed by atoms with Crippen molar-refractivity contribution >= 4 is 34.0 Å². The summed E-state index contributed by atoms with van der Waals surface area (Å²) < 4.78 is 10.9. The summed E-state index contributed by atoms with van der Waals surface area (Å²) in [6.45, 7) is 0.813. The fourth-order valence-corrected chi connectivity index (χ4v) is 4.02. The first kappa shape index (κ1) is 24.8. The highest BCUT2D eigenvalue weighted by Crippen LogP contribution is 2.36. The number of hydrogen-bond acceptors (Lipinski definition) is 5. The maximum Gasteiger partial charge on any atom is 0.255 e. The van der Waals surface area contributed by atoms with Gasteiger partial charge < -0.3 is 20.1 Å². The third-order valence-electron chi connectivity index (χ3n) is 5.76. The van der Waals surface area contributed by atoms with Crippen LogP contribution < -0.4 is 20.1 Å². The summed E-state index contributed by atoms with van der Waals surface area (Å²) in [6, 6.07) is 26.7. The van der Waals surface area contributed by atoms with Crippen LogP contribution in [0.4, 0.5) is 11.4 Å². The number of benzene rings is 4. The van der Waals surface area contributed by atoms with Crippen LogP contribution >= 0.6 is 0 Å². The molecule has 7 heteroatoms. The van der Waals surface area contributed by atoms with Crippen LogP contribution in [-0.2, 0) is 11.3 Å². The minimum Gasteiger partial charge on any atom is -0.494 e. The monoisotopic (exact) mass is 483 g/mol. The summed E-state index contributed by atoms with van der Waals surface area (Å²) in [5.74, 6) is 0.340. The number of likely N-dealkylation sites (N-methyl/N-ethyl adjacent to an activating group) is 1. The van der Waals surface area contributed by atoms with E-state index >= 15 is 0 Å². The lowest BCUT2D eigenvalue weighted by molar-refractivity contribution is -0.117. The Morgan fingerprint density at radius 3 is 2.03 bits per heavy atom. The molecule has 0 fully saturated rings. The Balaban J connectivity index is 1.43. The van der Waals surface area contributed by atoms with E-state index in [0.717, 1.165) is 5.56 Å². The van der Waals surface area contributed by atoms with Crippen LogP contribution in [0, 0.1) is 0 Å². The average molecular weight is 484 g/mol. The Morgan fingerprint density at radius 1 is 0.750 bits per heavy atom. The minimum atomic E-state index is -0.275. The zero-order chi connectivity index (χ0) is 25.5. The Labute approximate surface area is 210 Å². The van der Waals surface area contributed by atoms with E-state index in [4.69, 9.17) is 9.47 Å². The normalized spacial score (nSPS) is 10.8. The summed E-state index contributed by atoms with van der Waals surface area (Å²) in [7, 11) is 4.91. The largest absolute Gasteiger partial charge is 0.494 e. The first-order chi connectivity index (χ1) is 17.5. The Bertz CT molecular complexity index is 1370. The quantitative estimate of drug-likeness (QED) is 0.343. The highest BCUT2D eigenvalue weighted by atomic mass is 16.5. The molecule has 0 aromatic heterocycles. The smallest absolute Gasteiger partial charge is 0.255 e. The van der Waals surface area contributed by atoms with Gasteiger partial charge in [0.2, 0.25) is 5.91 Å². The molecule has 0 bridgehead atoms. The van der Waals surface area contributed by atoms with Crippen molar-refractivity contribution in [2.45, 2.75) is 6.54 Å². The summed E-state index contributed by atoms with van der Waals surface area (Å²) in [5.41, 5.74) is 2.54. The minimum absolute atomic E-state index is 0.185. The summed E-state index contributed by atoms with van der Waals surface area (Å²) in [4.78, 5) is 27.4. The van der Waals surface area contributed by atoms with Crippen LogP contribution in [-0.4, -0.2) is 44.5 Å². The SMILES string of the molecule is COc1cc(NC(=O)c2ccccc2)c(OC)cc1NC(=O)CN(C)Cc1ccc2ccccc2c1. The molecule has 4 aromatic carbocycles. The third-order valence-corrected chi connectivity index (χ3v) is 5.76. The van der Waals surface area contributed by atoms with Gasteiger partial charge in [0.05, 0.1) is 32.1 Å². The first-order valence-electron chi connectivity index (χ1n) is 11.6.